The molecule has 1 aromatic rings. The summed E-state index contributed by atoms with van der Waals surface area (Å²) in [5.41, 5.74) is 7.73. The number of aryl methyl sites for hydroxylation is 1. The number of benzene rings is 1. The quantitative estimate of drug-likeness (QED) is 0.876. The molecule has 1 aliphatic rings. The lowest BCUT2D eigenvalue weighted by molar-refractivity contribution is -0.122. The Labute approximate surface area is 127 Å². The van der Waals surface area contributed by atoms with Crippen molar-refractivity contribution in [2.24, 2.45) is 5.73 Å². The van der Waals surface area contributed by atoms with Crippen LogP contribution in [-0.2, 0) is 9.53 Å². The highest BCUT2D eigenvalue weighted by molar-refractivity contribution is 5.93. The minimum absolute atomic E-state index is 0.0800. The van der Waals surface area contributed by atoms with Crippen LogP contribution in [0.3, 0.4) is 0 Å². The molecule has 4 nitrogen and oxygen atoms in total. The van der Waals surface area contributed by atoms with Crippen LogP contribution < -0.4 is 10.6 Å². The molecule has 1 atom stereocenters. The van der Waals surface area contributed by atoms with Gasteiger partial charge in [0, 0.05) is 18.8 Å². The summed E-state index contributed by atoms with van der Waals surface area (Å²) in [5.74, 6) is 0.140. The summed E-state index contributed by atoms with van der Waals surface area (Å²) in [6.45, 7) is 4.09. The molecule has 0 aromatic heterocycles. The third kappa shape index (κ3) is 4.83. The van der Waals surface area contributed by atoms with Gasteiger partial charge in [-0.3, -0.25) is 4.79 Å². The van der Waals surface area contributed by atoms with Crippen molar-refractivity contribution < 1.29 is 9.53 Å². The number of nitrogens with two attached hydrogens (primary N) is 1. The number of ether oxygens (including phenoxy) is 1. The second-order valence-corrected chi connectivity index (χ2v) is 5.72. The maximum Gasteiger partial charge on any atom is 0.229 e. The van der Waals surface area contributed by atoms with E-state index in [0.29, 0.717) is 19.5 Å². The summed E-state index contributed by atoms with van der Waals surface area (Å²) in [5, 5.41) is 0. The van der Waals surface area contributed by atoms with Gasteiger partial charge in [-0.15, -0.1) is 0 Å². The zero-order valence-electron chi connectivity index (χ0n) is 12.9. The molecule has 2 N–H and O–H groups in total. The Kier molecular flexibility index (Phi) is 6.21. The molecule has 4 heteroatoms. The van der Waals surface area contributed by atoms with Crippen LogP contribution in [0.25, 0.3) is 0 Å². The molecule has 1 fully saturated rings. The number of amides is 1. The van der Waals surface area contributed by atoms with E-state index in [-0.39, 0.29) is 12.0 Å². The first-order valence-corrected chi connectivity index (χ1v) is 7.89. The topological polar surface area (TPSA) is 55.6 Å². The first-order chi connectivity index (χ1) is 10.2. The van der Waals surface area contributed by atoms with Gasteiger partial charge in [0.15, 0.2) is 0 Å². The Morgan fingerprint density at radius 2 is 2.29 bits per heavy atom. The van der Waals surface area contributed by atoms with Gasteiger partial charge in [0.05, 0.1) is 12.5 Å². The van der Waals surface area contributed by atoms with Crippen molar-refractivity contribution in [1.29, 1.82) is 0 Å². The van der Waals surface area contributed by atoms with Gasteiger partial charge in [-0.25, -0.2) is 0 Å². The SMILES string of the molecule is Cc1cccc(N(CCCN)C(=O)CC2CCCCO2)c1. The standard InChI is InChI=1S/C17H26N2O2/c1-14-6-4-7-15(12-14)19(10-5-9-18)17(20)13-16-8-2-3-11-21-16/h4,6-7,12,16H,2-3,5,8-11,13,18H2,1H3. The normalized spacial score (nSPS) is 18.5. The lowest BCUT2D eigenvalue weighted by Crippen LogP contribution is -2.36. The molecule has 1 unspecified atom stereocenters. The van der Waals surface area contributed by atoms with Gasteiger partial charge in [0.2, 0.25) is 5.91 Å². The maximum absolute atomic E-state index is 12.6. The Hall–Kier alpha value is -1.39. The highest BCUT2D eigenvalue weighted by Gasteiger charge is 2.22. The van der Waals surface area contributed by atoms with Crippen LogP contribution in [0.15, 0.2) is 24.3 Å². The zero-order chi connectivity index (χ0) is 15.1. The number of hydrogen-bond donors (Lipinski definition) is 1. The minimum atomic E-state index is 0.0800. The van der Waals surface area contributed by atoms with Gasteiger partial charge in [-0.1, -0.05) is 12.1 Å². The van der Waals surface area contributed by atoms with Gasteiger partial charge in [-0.2, -0.15) is 0 Å². The van der Waals surface area contributed by atoms with Crippen molar-refractivity contribution in [3.63, 3.8) is 0 Å². The van der Waals surface area contributed by atoms with Crippen LogP contribution in [0.2, 0.25) is 0 Å². The van der Waals surface area contributed by atoms with E-state index in [9.17, 15) is 4.79 Å². The molecule has 1 amide bonds. The molecule has 116 valence electrons. The Balaban J connectivity index is 2.05. The molecule has 1 aliphatic heterocycles. The van der Waals surface area contributed by atoms with Crippen LogP contribution in [-0.4, -0.2) is 31.7 Å². The number of carbonyl (C=O) groups is 1. The summed E-state index contributed by atoms with van der Waals surface area (Å²) in [6, 6.07) is 8.07. The second kappa shape index (κ2) is 8.15. The predicted octanol–water partition coefficient (Wildman–Crippen LogP) is 2.64. The lowest BCUT2D eigenvalue weighted by Gasteiger charge is -2.27. The second-order valence-electron chi connectivity index (χ2n) is 5.72. The third-order valence-electron chi connectivity index (χ3n) is 3.88. The van der Waals surface area contributed by atoms with Crippen LogP contribution in [0.4, 0.5) is 5.69 Å². The van der Waals surface area contributed by atoms with Gasteiger partial charge < -0.3 is 15.4 Å². The predicted molar refractivity (Wildman–Crippen MR) is 85.4 cm³/mol. The molecule has 1 aromatic carbocycles. The van der Waals surface area contributed by atoms with Crippen molar-refractivity contribution in [2.75, 3.05) is 24.6 Å². The summed E-state index contributed by atoms with van der Waals surface area (Å²) < 4.78 is 5.69. The molecule has 0 saturated carbocycles. The molecule has 0 bridgehead atoms. The first-order valence-electron chi connectivity index (χ1n) is 7.89. The lowest BCUT2D eigenvalue weighted by atomic mass is 10.1. The Morgan fingerprint density at radius 1 is 1.43 bits per heavy atom. The van der Waals surface area contributed by atoms with E-state index < -0.39 is 0 Å². The maximum atomic E-state index is 12.6. The fraction of sp³-hybridized carbons (Fsp3) is 0.588. The average molecular weight is 290 g/mol. The number of hydrogen-bond acceptors (Lipinski definition) is 3. The van der Waals surface area contributed by atoms with E-state index in [0.717, 1.165) is 43.5 Å². The molecule has 1 saturated heterocycles. The van der Waals surface area contributed by atoms with Crippen LogP contribution in [0.1, 0.15) is 37.7 Å². The Morgan fingerprint density at radius 3 is 2.95 bits per heavy atom. The fourth-order valence-electron chi connectivity index (χ4n) is 2.72. The van der Waals surface area contributed by atoms with Gasteiger partial charge in [0.25, 0.3) is 0 Å². The summed E-state index contributed by atoms with van der Waals surface area (Å²) in [4.78, 5) is 14.5. The van der Waals surface area contributed by atoms with Crippen LogP contribution in [0, 0.1) is 6.92 Å². The van der Waals surface area contributed by atoms with Crippen molar-refractivity contribution in [3.05, 3.63) is 29.8 Å². The van der Waals surface area contributed by atoms with Crippen molar-refractivity contribution >= 4 is 11.6 Å². The van der Waals surface area contributed by atoms with Gasteiger partial charge in [-0.05, 0) is 56.8 Å². The van der Waals surface area contributed by atoms with Crippen molar-refractivity contribution in [2.45, 2.75) is 45.1 Å². The fourth-order valence-corrected chi connectivity index (χ4v) is 2.72. The summed E-state index contributed by atoms with van der Waals surface area (Å²) in [6.07, 6.45) is 4.62. The molecule has 1 heterocycles. The largest absolute Gasteiger partial charge is 0.378 e. The molecule has 0 radical (unpaired) electrons. The van der Waals surface area contributed by atoms with Crippen LogP contribution in [0.5, 0.6) is 0 Å². The molecular weight excluding hydrogens is 264 g/mol. The first kappa shape index (κ1) is 16.0. The van der Waals surface area contributed by atoms with E-state index in [4.69, 9.17) is 10.5 Å². The van der Waals surface area contributed by atoms with Gasteiger partial charge >= 0.3 is 0 Å². The number of nitrogens with zero attached hydrogens (tertiary/aromatic N) is 1. The number of rotatable bonds is 6. The molecule has 2 rings (SSSR count). The van der Waals surface area contributed by atoms with E-state index in [2.05, 4.69) is 6.07 Å². The minimum Gasteiger partial charge on any atom is -0.378 e. The van der Waals surface area contributed by atoms with E-state index in [1.807, 2.05) is 30.0 Å². The number of carbonyl (C=O) groups excluding carboxylic acids is 1. The highest BCUT2D eigenvalue weighted by Crippen LogP contribution is 2.21. The number of anilines is 1. The third-order valence-corrected chi connectivity index (χ3v) is 3.88. The van der Waals surface area contributed by atoms with Crippen LogP contribution >= 0.6 is 0 Å². The summed E-state index contributed by atoms with van der Waals surface area (Å²) in [7, 11) is 0. The zero-order valence-corrected chi connectivity index (χ0v) is 12.9. The van der Waals surface area contributed by atoms with Crippen molar-refractivity contribution in [3.8, 4) is 0 Å². The molecule has 0 aliphatic carbocycles. The van der Waals surface area contributed by atoms with E-state index in [1.165, 1.54) is 0 Å². The molecule has 21 heavy (non-hydrogen) atoms. The van der Waals surface area contributed by atoms with E-state index >= 15 is 0 Å². The van der Waals surface area contributed by atoms with Gasteiger partial charge in [0.1, 0.15) is 0 Å². The highest BCUT2D eigenvalue weighted by atomic mass is 16.5. The smallest absolute Gasteiger partial charge is 0.229 e. The molecule has 0 spiro atoms. The van der Waals surface area contributed by atoms with Crippen molar-refractivity contribution in [1.82, 2.24) is 0 Å². The average Bonchev–Trinajstić information content (AvgIpc) is 2.49. The summed E-state index contributed by atoms with van der Waals surface area (Å²) >= 11 is 0. The Bertz CT molecular complexity index is 456. The van der Waals surface area contributed by atoms with E-state index in [1.54, 1.807) is 0 Å². The monoisotopic (exact) mass is 290 g/mol. The molecular formula is C17H26N2O2.